The number of nitrogens with one attached hydrogen (secondary N) is 2. The summed E-state index contributed by atoms with van der Waals surface area (Å²) in [6, 6.07) is -1.43. The normalized spacial score (nSPS) is 11.9. The molecule has 2 amide bonds. The predicted molar refractivity (Wildman–Crippen MR) is 72.3 cm³/mol. The maximum absolute atomic E-state index is 11.6. The molecule has 1 unspecified atom stereocenters. The van der Waals surface area contributed by atoms with E-state index in [1.54, 1.807) is 11.3 Å². The molecule has 0 saturated carbocycles. The first-order valence-electron chi connectivity index (χ1n) is 5.82. The molecule has 6 nitrogen and oxygen atoms in total. The van der Waals surface area contributed by atoms with Gasteiger partial charge in [-0.05, 0) is 28.8 Å². The van der Waals surface area contributed by atoms with Gasteiger partial charge in [0.1, 0.15) is 6.04 Å². The van der Waals surface area contributed by atoms with Crippen molar-refractivity contribution in [1.29, 1.82) is 0 Å². The number of carboxylic acids is 1. The zero-order valence-electron chi connectivity index (χ0n) is 10.9. The second-order valence-electron chi connectivity index (χ2n) is 4.08. The Morgan fingerprint density at radius 2 is 2.21 bits per heavy atom. The number of rotatable bonds is 7. The Morgan fingerprint density at radius 3 is 2.74 bits per heavy atom. The highest BCUT2D eigenvalue weighted by Crippen LogP contribution is 2.12. The first-order chi connectivity index (χ1) is 9.04. The number of aryl methyl sites for hydroxylation is 1. The minimum Gasteiger partial charge on any atom is -0.480 e. The van der Waals surface area contributed by atoms with Crippen LogP contribution in [-0.2, 0) is 16.1 Å². The molecule has 1 heterocycles. The van der Waals surface area contributed by atoms with Gasteiger partial charge in [-0.25, -0.2) is 9.59 Å². The van der Waals surface area contributed by atoms with E-state index in [9.17, 15) is 9.59 Å². The number of carboxylic acid groups (broad SMARTS) is 1. The van der Waals surface area contributed by atoms with E-state index in [0.717, 1.165) is 11.1 Å². The van der Waals surface area contributed by atoms with Crippen molar-refractivity contribution >= 4 is 23.3 Å². The van der Waals surface area contributed by atoms with Gasteiger partial charge in [-0.2, -0.15) is 11.3 Å². The monoisotopic (exact) mass is 286 g/mol. The van der Waals surface area contributed by atoms with E-state index < -0.39 is 18.0 Å². The number of methoxy groups -OCH3 is 1. The van der Waals surface area contributed by atoms with Gasteiger partial charge in [0.05, 0.1) is 0 Å². The Bertz CT molecular complexity index is 433. The molecule has 0 aliphatic rings. The average molecular weight is 286 g/mol. The van der Waals surface area contributed by atoms with Crippen molar-refractivity contribution in [2.45, 2.75) is 25.9 Å². The quantitative estimate of drug-likeness (QED) is 0.706. The van der Waals surface area contributed by atoms with Gasteiger partial charge in [-0.3, -0.25) is 0 Å². The third kappa shape index (κ3) is 5.27. The van der Waals surface area contributed by atoms with E-state index in [2.05, 4.69) is 10.6 Å². The lowest BCUT2D eigenvalue weighted by Crippen LogP contribution is -2.46. The van der Waals surface area contributed by atoms with Crippen LogP contribution in [-0.4, -0.2) is 36.9 Å². The average Bonchev–Trinajstić information content (AvgIpc) is 2.77. The minimum atomic E-state index is -1.07. The summed E-state index contributed by atoms with van der Waals surface area (Å²) in [5.74, 6) is -1.07. The lowest BCUT2D eigenvalue weighted by atomic mass is 10.2. The van der Waals surface area contributed by atoms with Gasteiger partial charge in [0.25, 0.3) is 0 Å². The molecule has 0 aliphatic carbocycles. The highest BCUT2D eigenvalue weighted by molar-refractivity contribution is 7.08. The molecule has 1 aromatic heterocycles. The van der Waals surface area contributed by atoms with E-state index in [1.807, 2.05) is 17.7 Å². The minimum absolute atomic E-state index is 0.233. The number of thiophene rings is 1. The van der Waals surface area contributed by atoms with E-state index in [4.69, 9.17) is 9.84 Å². The molecule has 0 spiro atoms. The number of amides is 2. The van der Waals surface area contributed by atoms with Gasteiger partial charge in [0.2, 0.25) is 0 Å². The molecule has 0 fully saturated rings. The fraction of sp³-hybridized carbons (Fsp3) is 0.500. The van der Waals surface area contributed by atoms with Crippen molar-refractivity contribution in [3.05, 3.63) is 21.9 Å². The van der Waals surface area contributed by atoms with Crippen LogP contribution in [0.2, 0.25) is 0 Å². The topological polar surface area (TPSA) is 87.7 Å². The molecule has 1 aromatic rings. The van der Waals surface area contributed by atoms with Gasteiger partial charge < -0.3 is 20.5 Å². The number of aliphatic carboxylic acids is 1. The Balaban J connectivity index is 2.40. The van der Waals surface area contributed by atoms with Gasteiger partial charge >= 0.3 is 12.0 Å². The van der Waals surface area contributed by atoms with Crippen molar-refractivity contribution in [2.75, 3.05) is 13.7 Å². The van der Waals surface area contributed by atoms with Crippen LogP contribution >= 0.6 is 11.3 Å². The molecule has 106 valence electrons. The fourth-order valence-corrected chi connectivity index (χ4v) is 2.30. The summed E-state index contributed by atoms with van der Waals surface area (Å²) >= 11 is 1.57. The third-order valence-corrected chi connectivity index (χ3v) is 3.53. The van der Waals surface area contributed by atoms with Crippen molar-refractivity contribution in [1.82, 2.24) is 10.6 Å². The van der Waals surface area contributed by atoms with Crippen LogP contribution in [0.25, 0.3) is 0 Å². The summed E-state index contributed by atoms with van der Waals surface area (Å²) in [6.07, 6.45) is 0.233. The van der Waals surface area contributed by atoms with Gasteiger partial charge in [-0.1, -0.05) is 0 Å². The summed E-state index contributed by atoms with van der Waals surface area (Å²) in [5.41, 5.74) is 2.14. The summed E-state index contributed by atoms with van der Waals surface area (Å²) in [5, 5.41) is 17.9. The molecule has 0 bridgehead atoms. The van der Waals surface area contributed by atoms with Gasteiger partial charge in [0.15, 0.2) is 0 Å². The van der Waals surface area contributed by atoms with E-state index in [1.165, 1.54) is 7.11 Å². The number of hydrogen-bond acceptors (Lipinski definition) is 4. The van der Waals surface area contributed by atoms with Crippen LogP contribution in [0.4, 0.5) is 4.79 Å². The predicted octanol–water partition coefficient (Wildman–Crippen LogP) is 1.35. The maximum atomic E-state index is 11.6. The molecule has 0 aliphatic heterocycles. The van der Waals surface area contributed by atoms with Crippen molar-refractivity contribution in [2.24, 2.45) is 0 Å². The van der Waals surface area contributed by atoms with Crippen LogP contribution in [0.15, 0.2) is 10.8 Å². The number of ether oxygens (including phenoxy) is 1. The standard InChI is InChI=1S/C12H18N2O4S/c1-8-6-19-7-9(8)5-13-12(17)14-10(11(15)16)3-4-18-2/h6-7,10H,3-5H2,1-2H3,(H,15,16)(H2,13,14,17). The lowest BCUT2D eigenvalue weighted by molar-refractivity contribution is -0.139. The molecule has 7 heteroatoms. The Morgan fingerprint density at radius 1 is 1.47 bits per heavy atom. The molecular weight excluding hydrogens is 268 g/mol. The molecule has 3 N–H and O–H groups in total. The Kier molecular flexibility index (Phi) is 6.31. The van der Waals surface area contributed by atoms with Crippen molar-refractivity contribution < 1.29 is 19.4 Å². The summed E-state index contributed by atoms with van der Waals surface area (Å²) in [4.78, 5) is 22.5. The second kappa shape index (κ2) is 7.75. The second-order valence-corrected chi connectivity index (χ2v) is 4.82. The number of carbonyl (C=O) groups excluding carboxylic acids is 1. The van der Waals surface area contributed by atoms with Crippen LogP contribution < -0.4 is 10.6 Å². The molecule has 0 saturated heterocycles. The maximum Gasteiger partial charge on any atom is 0.326 e. The third-order valence-electron chi connectivity index (χ3n) is 2.62. The fourth-order valence-electron chi connectivity index (χ4n) is 1.45. The molecular formula is C12H18N2O4S. The first kappa shape index (κ1) is 15.5. The number of hydrogen-bond donors (Lipinski definition) is 3. The summed E-state index contributed by atoms with van der Waals surface area (Å²) in [7, 11) is 1.48. The van der Waals surface area contributed by atoms with Crippen LogP contribution in [0.3, 0.4) is 0 Å². The van der Waals surface area contributed by atoms with E-state index in [-0.39, 0.29) is 13.0 Å². The molecule has 0 radical (unpaired) electrons. The van der Waals surface area contributed by atoms with Crippen LogP contribution in [0.5, 0.6) is 0 Å². The highest BCUT2D eigenvalue weighted by Gasteiger charge is 2.19. The first-order valence-corrected chi connectivity index (χ1v) is 6.76. The highest BCUT2D eigenvalue weighted by atomic mass is 32.1. The zero-order chi connectivity index (χ0) is 14.3. The molecule has 1 atom stereocenters. The SMILES string of the molecule is COCCC(NC(=O)NCc1cscc1C)C(=O)O. The largest absolute Gasteiger partial charge is 0.480 e. The molecule has 1 rings (SSSR count). The molecule has 0 aromatic carbocycles. The zero-order valence-corrected chi connectivity index (χ0v) is 11.8. The Labute approximate surface area is 115 Å². The smallest absolute Gasteiger partial charge is 0.326 e. The lowest BCUT2D eigenvalue weighted by Gasteiger charge is -2.14. The number of urea groups is 1. The Hall–Kier alpha value is -1.60. The van der Waals surface area contributed by atoms with Crippen molar-refractivity contribution in [3.8, 4) is 0 Å². The number of carbonyl (C=O) groups is 2. The van der Waals surface area contributed by atoms with Gasteiger partial charge in [-0.15, -0.1) is 0 Å². The van der Waals surface area contributed by atoms with E-state index >= 15 is 0 Å². The van der Waals surface area contributed by atoms with Crippen LogP contribution in [0, 0.1) is 6.92 Å². The summed E-state index contributed by atoms with van der Waals surface area (Å²) in [6.45, 7) is 2.63. The summed E-state index contributed by atoms with van der Waals surface area (Å²) < 4.78 is 4.80. The van der Waals surface area contributed by atoms with Gasteiger partial charge in [0, 0.05) is 26.7 Å². The van der Waals surface area contributed by atoms with Crippen LogP contribution in [0.1, 0.15) is 17.5 Å². The van der Waals surface area contributed by atoms with E-state index in [0.29, 0.717) is 6.54 Å². The van der Waals surface area contributed by atoms with Crippen molar-refractivity contribution in [3.63, 3.8) is 0 Å². The molecule has 19 heavy (non-hydrogen) atoms.